The summed E-state index contributed by atoms with van der Waals surface area (Å²) in [6.45, 7) is -0.762. The van der Waals surface area contributed by atoms with E-state index in [1.54, 1.807) is 24.3 Å². The van der Waals surface area contributed by atoms with Gasteiger partial charge in [0.25, 0.3) is 5.89 Å². The fourth-order valence-electron chi connectivity index (χ4n) is 2.30. The predicted molar refractivity (Wildman–Crippen MR) is 106 cm³/mol. The van der Waals surface area contributed by atoms with Crippen LogP contribution in [0.15, 0.2) is 57.9 Å². The van der Waals surface area contributed by atoms with E-state index < -0.39 is 22.5 Å². The summed E-state index contributed by atoms with van der Waals surface area (Å²) >= 11 is 11.8. The molecule has 0 atom stereocenters. The quantitative estimate of drug-likeness (QED) is 0.502. The number of ether oxygens (including phenoxy) is 1. The van der Waals surface area contributed by atoms with Gasteiger partial charge in [0, 0.05) is 12.1 Å². The third-order valence-electron chi connectivity index (χ3n) is 3.81. The van der Waals surface area contributed by atoms with E-state index >= 15 is 0 Å². The number of sulfonamides is 1. The Bertz CT molecular complexity index is 1120. The van der Waals surface area contributed by atoms with Crippen molar-refractivity contribution in [1.82, 2.24) is 14.4 Å². The Morgan fingerprint density at radius 3 is 2.52 bits per heavy atom. The molecule has 11 heteroatoms. The van der Waals surface area contributed by atoms with Crippen LogP contribution in [0.1, 0.15) is 5.82 Å². The minimum absolute atomic E-state index is 0.0137. The lowest BCUT2D eigenvalue weighted by molar-refractivity contribution is -0.145. The SMILES string of the molecule is CN(CC(=O)OCc1noc(-c2ccccc2Cl)n1)S(=O)(=O)c1ccc(Cl)cc1. The third kappa shape index (κ3) is 5.13. The molecule has 152 valence electrons. The number of carbonyl (C=O) groups excluding carboxylic acids is 1. The number of hydrogen-bond donors (Lipinski definition) is 0. The Morgan fingerprint density at radius 1 is 1.14 bits per heavy atom. The van der Waals surface area contributed by atoms with Gasteiger partial charge in [-0.2, -0.15) is 9.29 Å². The summed E-state index contributed by atoms with van der Waals surface area (Å²) in [5.41, 5.74) is 0.549. The van der Waals surface area contributed by atoms with Crippen molar-refractivity contribution >= 4 is 39.2 Å². The Morgan fingerprint density at radius 2 is 1.83 bits per heavy atom. The minimum Gasteiger partial charge on any atom is -0.456 e. The lowest BCUT2D eigenvalue weighted by Gasteiger charge is -2.16. The molecule has 0 saturated carbocycles. The Hall–Kier alpha value is -2.46. The van der Waals surface area contributed by atoms with Gasteiger partial charge in [0.05, 0.1) is 15.5 Å². The molecule has 0 unspecified atom stereocenters. The highest BCUT2D eigenvalue weighted by Gasteiger charge is 2.24. The number of nitrogens with zero attached hydrogens (tertiary/aromatic N) is 3. The van der Waals surface area contributed by atoms with Crippen molar-refractivity contribution in [1.29, 1.82) is 0 Å². The number of hydrogen-bond acceptors (Lipinski definition) is 7. The summed E-state index contributed by atoms with van der Waals surface area (Å²) in [6, 6.07) is 12.5. The minimum atomic E-state index is -3.86. The summed E-state index contributed by atoms with van der Waals surface area (Å²) in [7, 11) is -2.59. The lowest BCUT2D eigenvalue weighted by atomic mass is 10.2. The molecule has 3 rings (SSSR count). The number of aromatic nitrogens is 2. The second kappa shape index (κ2) is 8.91. The summed E-state index contributed by atoms with van der Waals surface area (Å²) in [4.78, 5) is 16.2. The topological polar surface area (TPSA) is 103 Å². The van der Waals surface area contributed by atoms with E-state index in [0.717, 1.165) is 4.31 Å². The predicted octanol–water partition coefficient (Wildman–Crippen LogP) is 3.41. The zero-order valence-electron chi connectivity index (χ0n) is 15.1. The molecule has 29 heavy (non-hydrogen) atoms. The van der Waals surface area contributed by atoms with E-state index in [1.807, 2.05) is 0 Å². The Balaban J connectivity index is 1.59. The lowest BCUT2D eigenvalue weighted by Crippen LogP contribution is -2.33. The fourth-order valence-corrected chi connectivity index (χ4v) is 3.76. The molecule has 0 aliphatic rings. The van der Waals surface area contributed by atoms with Crippen molar-refractivity contribution < 1.29 is 22.5 Å². The number of halogens is 2. The fraction of sp³-hybridized carbons (Fsp3) is 0.167. The molecule has 0 aliphatic carbocycles. The van der Waals surface area contributed by atoms with Crippen LogP contribution in [0.4, 0.5) is 0 Å². The summed E-state index contributed by atoms with van der Waals surface area (Å²) in [5.74, 6) is -0.463. The van der Waals surface area contributed by atoms with Gasteiger partial charge < -0.3 is 9.26 Å². The molecule has 1 aromatic heterocycles. The van der Waals surface area contributed by atoms with Gasteiger partial charge in [-0.15, -0.1) is 0 Å². The zero-order valence-corrected chi connectivity index (χ0v) is 17.4. The van der Waals surface area contributed by atoms with Crippen molar-refractivity contribution in [2.45, 2.75) is 11.5 Å². The van der Waals surface area contributed by atoms with E-state index in [9.17, 15) is 13.2 Å². The highest BCUT2D eigenvalue weighted by Crippen LogP contribution is 2.25. The van der Waals surface area contributed by atoms with E-state index in [0.29, 0.717) is 15.6 Å². The van der Waals surface area contributed by atoms with Crippen LogP contribution in [0.5, 0.6) is 0 Å². The van der Waals surface area contributed by atoms with E-state index in [-0.39, 0.29) is 23.2 Å². The van der Waals surface area contributed by atoms with Crippen LogP contribution in [-0.4, -0.2) is 42.4 Å². The summed E-state index contributed by atoms with van der Waals surface area (Å²) < 4.78 is 36.0. The second-order valence-corrected chi connectivity index (χ2v) is 8.76. The first kappa shape index (κ1) is 21.3. The first-order valence-corrected chi connectivity index (χ1v) is 10.4. The highest BCUT2D eigenvalue weighted by atomic mass is 35.5. The third-order valence-corrected chi connectivity index (χ3v) is 6.21. The molecule has 0 saturated heterocycles. The molecule has 0 fully saturated rings. The van der Waals surface area contributed by atoms with Gasteiger partial charge in [0.15, 0.2) is 6.61 Å². The zero-order chi connectivity index (χ0) is 21.0. The van der Waals surface area contributed by atoms with Gasteiger partial charge in [-0.1, -0.05) is 40.5 Å². The van der Waals surface area contributed by atoms with Gasteiger partial charge in [-0.05, 0) is 36.4 Å². The van der Waals surface area contributed by atoms with Crippen molar-refractivity contribution in [2.24, 2.45) is 0 Å². The molecule has 1 heterocycles. The van der Waals surface area contributed by atoms with Crippen molar-refractivity contribution in [3.63, 3.8) is 0 Å². The van der Waals surface area contributed by atoms with Gasteiger partial charge in [-0.25, -0.2) is 8.42 Å². The van der Waals surface area contributed by atoms with Crippen molar-refractivity contribution in [2.75, 3.05) is 13.6 Å². The van der Waals surface area contributed by atoms with Gasteiger partial charge in [0.2, 0.25) is 15.8 Å². The molecule has 2 aromatic carbocycles. The summed E-state index contributed by atoms with van der Waals surface area (Å²) in [5, 5.41) is 4.57. The van der Waals surface area contributed by atoms with Crippen molar-refractivity contribution in [3.05, 3.63) is 64.4 Å². The van der Waals surface area contributed by atoms with Gasteiger partial charge in [-0.3, -0.25) is 4.79 Å². The molecule has 3 aromatic rings. The molecule has 8 nitrogen and oxygen atoms in total. The standard InChI is InChI=1S/C18H15Cl2N3O5S/c1-23(29(25,26)13-8-6-12(19)7-9-13)10-17(24)27-11-16-21-18(28-22-16)14-4-2-3-5-15(14)20/h2-9H,10-11H2,1H3. The smallest absolute Gasteiger partial charge is 0.321 e. The molecular weight excluding hydrogens is 441 g/mol. The molecule has 0 N–H and O–H groups in total. The molecule has 0 radical (unpaired) electrons. The number of likely N-dealkylation sites (N-methyl/N-ethyl adjacent to an activating group) is 1. The van der Waals surface area contributed by atoms with Crippen LogP contribution in [0, 0.1) is 0 Å². The van der Waals surface area contributed by atoms with Crippen LogP contribution >= 0.6 is 23.2 Å². The van der Waals surface area contributed by atoms with E-state index in [1.165, 1.54) is 31.3 Å². The van der Waals surface area contributed by atoms with E-state index in [2.05, 4.69) is 10.1 Å². The largest absolute Gasteiger partial charge is 0.456 e. The van der Waals surface area contributed by atoms with Crippen LogP contribution < -0.4 is 0 Å². The Kier molecular flexibility index (Phi) is 6.53. The monoisotopic (exact) mass is 455 g/mol. The van der Waals surface area contributed by atoms with Crippen LogP contribution in [0.25, 0.3) is 11.5 Å². The van der Waals surface area contributed by atoms with E-state index in [4.69, 9.17) is 32.5 Å². The first-order chi connectivity index (χ1) is 13.8. The van der Waals surface area contributed by atoms with Crippen LogP contribution in [0.2, 0.25) is 10.0 Å². The Labute approximate surface area is 177 Å². The molecule has 0 aliphatic heterocycles. The second-order valence-electron chi connectivity index (χ2n) is 5.87. The van der Waals surface area contributed by atoms with Gasteiger partial charge >= 0.3 is 5.97 Å². The average molecular weight is 456 g/mol. The van der Waals surface area contributed by atoms with Crippen LogP contribution in [-0.2, 0) is 26.2 Å². The number of benzene rings is 2. The highest BCUT2D eigenvalue weighted by molar-refractivity contribution is 7.89. The number of carbonyl (C=O) groups is 1. The van der Waals surface area contributed by atoms with Crippen molar-refractivity contribution in [3.8, 4) is 11.5 Å². The number of rotatable bonds is 7. The average Bonchev–Trinajstić information content (AvgIpc) is 3.16. The molecule has 0 spiro atoms. The maximum absolute atomic E-state index is 12.5. The molecule has 0 bridgehead atoms. The maximum atomic E-state index is 12.5. The number of esters is 1. The molecular formula is C18H15Cl2N3O5S. The summed E-state index contributed by atoms with van der Waals surface area (Å²) in [6.07, 6.45) is 0. The molecule has 0 amide bonds. The first-order valence-electron chi connectivity index (χ1n) is 8.22. The van der Waals surface area contributed by atoms with Crippen LogP contribution in [0.3, 0.4) is 0 Å². The maximum Gasteiger partial charge on any atom is 0.321 e. The van der Waals surface area contributed by atoms with Gasteiger partial charge in [0.1, 0.15) is 6.54 Å². The normalized spacial score (nSPS) is 11.6.